The summed E-state index contributed by atoms with van der Waals surface area (Å²) in [5, 5.41) is 5.37. The van der Waals surface area contributed by atoms with E-state index in [0.29, 0.717) is 5.56 Å². The summed E-state index contributed by atoms with van der Waals surface area (Å²) in [5.41, 5.74) is 3.46. The lowest BCUT2D eigenvalue weighted by atomic mass is 10.1. The molecule has 2 aromatic rings. The Balaban J connectivity index is 1.87. The second-order valence-corrected chi connectivity index (χ2v) is 5.82. The van der Waals surface area contributed by atoms with Crippen LogP contribution >= 0.6 is 0 Å². The van der Waals surface area contributed by atoms with Gasteiger partial charge in [0, 0.05) is 5.56 Å². The minimum atomic E-state index is -0.321. The molecule has 2 amide bonds. The third-order valence-corrected chi connectivity index (χ3v) is 3.93. The number of carbonyl (C=O) groups is 2. The Hall–Kier alpha value is -2.69. The monoisotopic (exact) mass is 328 g/mol. The van der Waals surface area contributed by atoms with Gasteiger partial charge in [-0.1, -0.05) is 18.2 Å². The lowest BCUT2D eigenvalue weighted by Crippen LogP contribution is -2.38. The van der Waals surface area contributed by atoms with E-state index in [1.165, 1.54) is 12.1 Å². The summed E-state index contributed by atoms with van der Waals surface area (Å²) in [6, 6.07) is 11.1. The van der Waals surface area contributed by atoms with E-state index in [0.717, 1.165) is 16.7 Å². The molecule has 0 spiro atoms. The smallest absolute Gasteiger partial charge is 0.251 e. The summed E-state index contributed by atoms with van der Waals surface area (Å²) in [7, 11) is 0. The van der Waals surface area contributed by atoms with Gasteiger partial charge < -0.3 is 10.6 Å². The maximum atomic E-state index is 12.9. The molecular formula is C19H21FN2O2. The van der Waals surface area contributed by atoms with E-state index < -0.39 is 0 Å². The van der Waals surface area contributed by atoms with Gasteiger partial charge in [0.25, 0.3) is 5.91 Å². The lowest BCUT2D eigenvalue weighted by Gasteiger charge is -2.15. The van der Waals surface area contributed by atoms with Crippen LogP contribution in [0.15, 0.2) is 42.5 Å². The van der Waals surface area contributed by atoms with Crippen LogP contribution in [0, 0.1) is 19.7 Å². The topological polar surface area (TPSA) is 58.2 Å². The van der Waals surface area contributed by atoms with Crippen LogP contribution in [0.1, 0.15) is 40.0 Å². The van der Waals surface area contributed by atoms with Crippen LogP contribution < -0.4 is 10.6 Å². The van der Waals surface area contributed by atoms with Gasteiger partial charge in [0.2, 0.25) is 5.91 Å². The fourth-order valence-corrected chi connectivity index (χ4v) is 2.27. The molecule has 4 nitrogen and oxygen atoms in total. The van der Waals surface area contributed by atoms with Crippen molar-refractivity contribution in [2.75, 3.05) is 6.54 Å². The van der Waals surface area contributed by atoms with Crippen molar-refractivity contribution < 1.29 is 14.0 Å². The van der Waals surface area contributed by atoms with E-state index in [9.17, 15) is 14.0 Å². The highest BCUT2D eigenvalue weighted by Gasteiger charge is 2.12. The van der Waals surface area contributed by atoms with E-state index in [1.54, 1.807) is 31.2 Å². The number of amides is 2. The first-order valence-electron chi connectivity index (χ1n) is 7.77. The molecule has 24 heavy (non-hydrogen) atoms. The van der Waals surface area contributed by atoms with Crippen LogP contribution in [0.25, 0.3) is 0 Å². The fourth-order valence-electron chi connectivity index (χ4n) is 2.27. The molecule has 0 aliphatic carbocycles. The molecule has 126 valence electrons. The Morgan fingerprint density at radius 1 is 1.04 bits per heavy atom. The molecule has 2 aromatic carbocycles. The highest BCUT2D eigenvalue weighted by Crippen LogP contribution is 2.12. The number of rotatable bonds is 5. The van der Waals surface area contributed by atoms with Gasteiger partial charge in [-0.15, -0.1) is 0 Å². The zero-order valence-corrected chi connectivity index (χ0v) is 14.0. The number of hydrogen-bond donors (Lipinski definition) is 2. The normalized spacial score (nSPS) is 11.7. The molecule has 1 atom stereocenters. The van der Waals surface area contributed by atoms with Crippen LogP contribution in [0.5, 0.6) is 0 Å². The molecule has 0 fully saturated rings. The van der Waals surface area contributed by atoms with E-state index in [4.69, 9.17) is 0 Å². The van der Waals surface area contributed by atoms with Gasteiger partial charge in [-0.05, 0) is 61.7 Å². The Kier molecular flexibility index (Phi) is 5.68. The molecule has 5 heteroatoms. The second-order valence-electron chi connectivity index (χ2n) is 5.82. The highest BCUT2D eigenvalue weighted by atomic mass is 19.1. The van der Waals surface area contributed by atoms with Gasteiger partial charge in [-0.2, -0.15) is 0 Å². The van der Waals surface area contributed by atoms with Gasteiger partial charge in [-0.3, -0.25) is 9.59 Å². The summed E-state index contributed by atoms with van der Waals surface area (Å²) >= 11 is 0. The summed E-state index contributed by atoms with van der Waals surface area (Å²) in [4.78, 5) is 24.0. The molecule has 0 heterocycles. The quantitative estimate of drug-likeness (QED) is 0.886. The first kappa shape index (κ1) is 17.7. The lowest BCUT2D eigenvalue weighted by molar-refractivity contribution is -0.120. The molecule has 2 N–H and O–H groups in total. The first-order chi connectivity index (χ1) is 11.4. The molecule has 0 bridgehead atoms. The third kappa shape index (κ3) is 4.65. The second kappa shape index (κ2) is 7.73. The molecule has 0 saturated heterocycles. The standard InChI is InChI=1S/C19H21FN2O2/c1-12-4-5-16(10-13(12)2)19(24)21-11-18(23)22-14(3)15-6-8-17(20)9-7-15/h4-10,14H,11H2,1-3H3,(H,21,24)(H,22,23). The fraction of sp³-hybridized carbons (Fsp3) is 0.263. The van der Waals surface area contributed by atoms with Crippen molar-refractivity contribution >= 4 is 11.8 Å². The van der Waals surface area contributed by atoms with Crippen LogP contribution in [-0.4, -0.2) is 18.4 Å². The minimum Gasteiger partial charge on any atom is -0.348 e. The summed E-state index contributed by atoms with van der Waals surface area (Å²) in [6.07, 6.45) is 0. The van der Waals surface area contributed by atoms with Crippen molar-refractivity contribution in [2.45, 2.75) is 26.8 Å². The Labute approximate surface area is 141 Å². The highest BCUT2D eigenvalue weighted by molar-refractivity contribution is 5.96. The SMILES string of the molecule is Cc1ccc(C(=O)NCC(=O)NC(C)c2ccc(F)cc2)cc1C. The van der Waals surface area contributed by atoms with Crippen LogP contribution in [0.3, 0.4) is 0 Å². The van der Waals surface area contributed by atoms with Crippen molar-refractivity contribution in [3.05, 3.63) is 70.5 Å². The Bertz CT molecular complexity index is 742. The van der Waals surface area contributed by atoms with Crippen molar-refractivity contribution in [3.63, 3.8) is 0 Å². The van der Waals surface area contributed by atoms with Gasteiger partial charge >= 0.3 is 0 Å². The van der Waals surface area contributed by atoms with Gasteiger partial charge in [0.05, 0.1) is 12.6 Å². The van der Waals surface area contributed by atoms with E-state index in [-0.39, 0.29) is 30.2 Å². The predicted molar refractivity (Wildman–Crippen MR) is 91.2 cm³/mol. The number of hydrogen-bond acceptors (Lipinski definition) is 2. The van der Waals surface area contributed by atoms with Crippen LogP contribution in [-0.2, 0) is 4.79 Å². The van der Waals surface area contributed by atoms with Crippen molar-refractivity contribution in [1.29, 1.82) is 0 Å². The van der Waals surface area contributed by atoms with Crippen molar-refractivity contribution in [1.82, 2.24) is 10.6 Å². The van der Waals surface area contributed by atoms with E-state index in [2.05, 4.69) is 10.6 Å². The molecule has 0 radical (unpaired) electrons. The Morgan fingerprint density at radius 2 is 1.71 bits per heavy atom. The van der Waals surface area contributed by atoms with Crippen molar-refractivity contribution in [2.24, 2.45) is 0 Å². The maximum absolute atomic E-state index is 12.9. The third-order valence-electron chi connectivity index (χ3n) is 3.93. The molecule has 1 unspecified atom stereocenters. The molecule has 0 aromatic heterocycles. The Morgan fingerprint density at radius 3 is 2.33 bits per heavy atom. The van der Waals surface area contributed by atoms with Crippen molar-refractivity contribution in [3.8, 4) is 0 Å². The minimum absolute atomic E-state index is 0.114. The molecule has 0 saturated carbocycles. The van der Waals surface area contributed by atoms with E-state index >= 15 is 0 Å². The van der Waals surface area contributed by atoms with Gasteiger partial charge in [0.15, 0.2) is 0 Å². The average Bonchev–Trinajstić information content (AvgIpc) is 2.55. The molecule has 2 rings (SSSR count). The maximum Gasteiger partial charge on any atom is 0.251 e. The number of carbonyl (C=O) groups excluding carboxylic acids is 2. The van der Waals surface area contributed by atoms with Gasteiger partial charge in [-0.25, -0.2) is 4.39 Å². The number of benzene rings is 2. The average molecular weight is 328 g/mol. The number of aryl methyl sites for hydroxylation is 2. The first-order valence-corrected chi connectivity index (χ1v) is 7.77. The largest absolute Gasteiger partial charge is 0.348 e. The molecule has 0 aliphatic rings. The number of halogens is 1. The predicted octanol–water partition coefficient (Wildman–Crippen LogP) is 3.05. The van der Waals surface area contributed by atoms with E-state index in [1.807, 2.05) is 19.9 Å². The summed E-state index contributed by atoms with van der Waals surface area (Å²) in [6.45, 7) is 5.60. The number of nitrogens with one attached hydrogen (secondary N) is 2. The molecule has 0 aliphatic heterocycles. The summed E-state index contributed by atoms with van der Waals surface area (Å²) < 4.78 is 12.9. The zero-order valence-electron chi connectivity index (χ0n) is 14.0. The summed E-state index contributed by atoms with van der Waals surface area (Å²) in [5.74, 6) is -0.912. The zero-order chi connectivity index (χ0) is 17.7. The van der Waals surface area contributed by atoms with Crippen LogP contribution in [0.4, 0.5) is 4.39 Å². The molecular weight excluding hydrogens is 307 g/mol. The van der Waals surface area contributed by atoms with Gasteiger partial charge in [0.1, 0.15) is 5.82 Å². The van der Waals surface area contributed by atoms with Crippen LogP contribution in [0.2, 0.25) is 0 Å².